The van der Waals surface area contributed by atoms with Crippen LogP contribution in [-0.4, -0.2) is 16.8 Å². The number of ketones is 2. The number of carbonyl (C=O) groups is 3. The predicted molar refractivity (Wildman–Crippen MR) is 149 cm³/mol. The number of Topliss-reactive ketones (excluding diaryl/α,β-unsaturated/α-hetero) is 2. The number of allylic oxidation sites excluding steroid dienone is 2. The Labute approximate surface area is 230 Å². The average Bonchev–Trinajstić information content (AvgIpc) is 2.77. The molecule has 0 bridgehead atoms. The smallest absolute Gasteiger partial charge is 0.228 e. The molecule has 2 fully saturated rings. The van der Waals surface area contributed by atoms with Gasteiger partial charge in [0.25, 0.3) is 0 Å². The maximum Gasteiger partial charge on any atom is 0.228 e. The highest BCUT2D eigenvalue weighted by Crippen LogP contribution is 2.66. The van der Waals surface area contributed by atoms with Crippen LogP contribution in [0.5, 0.6) is 0 Å². The maximum atomic E-state index is 13.0. The summed E-state index contributed by atoms with van der Waals surface area (Å²) < 4.78 is 0. The van der Waals surface area contributed by atoms with Gasteiger partial charge in [-0.15, -0.1) is 0 Å². The largest absolute Gasteiger partial charge is 0.300 e. The van der Waals surface area contributed by atoms with Crippen molar-refractivity contribution in [1.29, 1.82) is 5.26 Å². The number of hydrogen-bond acceptors (Lipinski definition) is 4. The van der Waals surface area contributed by atoms with Crippen molar-refractivity contribution in [3.63, 3.8) is 0 Å². The third kappa shape index (κ3) is 4.99. The zero-order chi connectivity index (χ0) is 28.2. The Kier molecular flexibility index (Phi) is 8.07. The lowest BCUT2D eigenvalue weighted by atomic mass is 9.41. The van der Waals surface area contributed by atoms with Crippen molar-refractivity contribution in [3.05, 3.63) is 11.6 Å². The molecular formula is C32H48ClNO3. The normalized spacial score (nSPS) is 39.8. The molecule has 2 saturated carbocycles. The van der Waals surface area contributed by atoms with E-state index >= 15 is 0 Å². The number of rotatable bonds is 7. The molecule has 0 aliphatic heterocycles. The minimum absolute atomic E-state index is 0.00415. The quantitative estimate of drug-likeness (QED) is 0.312. The van der Waals surface area contributed by atoms with Crippen LogP contribution in [0.4, 0.5) is 0 Å². The zero-order valence-corrected chi connectivity index (χ0v) is 25.3. The molecule has 0 heterocycles. The van der Waals surface area contributed by atoms with Gasteiger partial charge in [-0.25, -0.2) is 0 Å². The van der Waals surface area contributed by atoms with E-state index in [-0.39, 0.29) is 62.3 Å². The lowest BCUT2D eigenvalue weighted by molar-refractivity contribution is -0.146. The maximum absolute atomic E-state index is 13.0. The molecule has 3 aliphatic carbocycles. The van der Waals surface area contributed by atoms with Crippen LogP contribution in [0.25, 0.3) is 0 Å². The first-order valence-corrected chi connectivity index (χ1v) is 14.6. The Morgan fingerprint density at radius 2 is 1.76 bits per heavy atom. The highest BCUT2D eigenvalue weighted by molar-refractivity contribution is 6.64. The molecule has 0 radical (unpaired) electrons. The van der Waals surface area contributed by atoms with Crippen LogP contribution in [0.1, 0.15) is 114 Å². The number of carbonyl (C=O) groups excluding carboxylic acids is 3. The van der Waals surface area contributed by atoms with Gasteiger partial charge in [-0.3, -0.25) is 9.59 Å². The number of halogens is 1. The first kappa shape index (κ1) is 30.1. The van der Waals surface area contributed by atoms with Gasteiger partial charge in [0.2, 0.25) is 5.24 Å². The van der Waals surface area contributed by atoms with Gasteiger partial charge >= 0.3 is 0 Å². The monoisotopic (exact) mass is 529 g/mol. The van der Waals surface area contributed by atoms with E-state index in [1.54, 1.807) is 6.92 Å². The van der Waals surface area contributed by atoms with Crippen molar-refractivity contribution in [2.45, 2.75) is 114 Å². The second-order valence-electron chi connectivity index (χ2n) is 14.8. The van der Waals surface area contributed by atoms with Crippen molar-refractivity contribution >= 4 is 28.4 Å². The molecule has 7 atom stereocenters. The number of fused-ring (bicyclic) bond motifs is 1. The summed E-state index contributed by atoms with van der Waals surface area (Å²) in [5.41, 5.74) is -0.867. The van der Waals surface area contributed by atoms with Crippen LogP contribution in [0.15, 0.2) is 11.6 Å². The third-order valence-corrected chi connectivity index (χ3v) is 12.2. The lowest BCUT2D eigenvalue weighted by Crippen LogP contribution is -2.57. The van der Waals surface area contributed by atoms with Crippen molar-refractivity contribution in [2.24, 2.45) is 50.7 Å². The van der Waals surface area contributed by atoms with E-state index in [0.29, 0.717) is 6.42 Å². The first-order valence-electron chi connectivity index (χ1n) is 14.2. The molecule has 0 spiro atoms. The Morgan fingerprint density at radius 1 is 1.14 bits per heavy atom. The Balaban J connectivity index is 2.01. The predicted octanol–water partition coefficient (Wildman–Crippen LogP) is 8.08. The second-order valence-corrected chi connectivity index (χ2v) is 15.1. The summed E-state index contributed by atoms with van der Waals surface area (Å²) in [7, 11) is 0. The van der Waals surface area contributed by atoms with E-state index in [0.717, 1.165) is 44.9 Å². The molecule has 1 unspecified atom stereocenters. The molecule has 0 saturated heterocycles. The molecule has 0 N–H and O–H groups in total. The van der Waals surface area contributed by atoms with E-state index in [1.165, 1.54) is 0 Å². The van der Waals surface area contributed by atoms with Gasteiger partial charge in [-0.2, -0.15) is 5.26 Å². The third-order valence-electron chi connectivity index (χ3n) is 11.8. The number of hydrogen-bond donors (Lipinski definition) is 0. The van der Waals surface area contributed by atoms with Gasteiger partial charge in [0, 0.05) is 17.8 Å². The summed E-state index contributed by atoms with van der Waals surface area (Å²) in [4.78, 5) is 38.5. The molecule has 3 aliphatic rings. The van der Waals surface area contributed by atoms with Crippen LogP contribution in [-0.2, 0) is 14.4 Å². The summed E-state index contributed by atoms with van der Waals surface area (Å²) in [6, 6.07) is 2.15. The molecular weight excluding hydrogens is 482 g/mol. The van der Waals surface area contributed by atoms with Crippen molar-refractivity contribution in [2.75, 3.05) is 0 Å². The standard InChI is InChI=1S/C32H48ClNO3/c1-20-17-28(4,5)12-14-32(20,27(33)37)15-13-29(6,7)31(9)11-10-24-22(3)26(36)23(19-34)18-30(24,8)25(31)16-21(2)35/h18,20,22,24-25H,10-17H2,1-9H3/t20?,22-,24-,25+,30-,31+,32-/m0/s1. The molecule has 0 aromatic rings. The van der Waals surface area contributed by atoms with E-state index < -0.39 is 10.8 Å². The van der Waals surface area contributed by atoms with E-state index in [2.05, 4.69) is 54.5 Å². The van der Waals surface area contributed by atoms with Gasteiger partial charge in [0.1, 0.15) is 11.9 Å². The Bertz CT molecular complexity index is 1040. The molecule has 3 rings (SSSR count). The van der Waals surface area contributed by atoms with E-state index in [9.17, 15) is 19.6 Å². The van der Waals surface area contributed by atoms with Crippen molar-refractivity contribution in [1.82, 2.24) is 0 Å². The summed E-state index contributed by atoms with van der Waals surface area (Å²) in [5.74, 6) is 0.178. The molecule has 4 nitrogen and oxygen atoms in total. The van der Waals surface area contributed by atoms with E-state index in [4.69, 9.17) is 11.6 Å². The van der Waals surface area contributed by atoms with Crippen LogP contribution >= 0.6 is 11.6 Å². The van der Waals surface area contributed by atoms with Crippen LogP contribution < -0.4 is 0 Å². The molecule has 0 aromatic heterocycles. The highest BCUT2D eigenvalue weighted by atomic mass is 35.5. The van der Waals surface area contributed by atoms with Crippen LogP contribution in [0.3, 0.4) is 0 Å². The summed E-state index contributed by atoms with van der Waals surface area (Å²) in [5, 5.41) is 9.56. The topological polar surface area (TPSA) is 75.0 Å². The lowest BCUT2D eigenvalue weighted by Gasteiger charge is -2.63. The van der Waals surface area contributed by atoms with E-state index in [1.807, 2.05) is 13.0 Å². The minimum Gasteiger partial charge on any atom is -0.300 e. The fourth-order valence-electron chi connectivity index (χ4n) is 8.84. The van der Waals surface area contributed by atoms with Crippen LogP contribution in [0, 0.1) is 62.1 Å². The number of nitriles is 1. The molecule has 0 aromatic carbocycles. The summed E-state index contributed by atoms with van der Waals surface area (Å²) >= 11 is 6.37. The van der Waals surface area contributed by atoms with Crippen molar-refractivity contribution in [3.8, 4) is 6.07 Å². The van der Waals surface area contributed by atoms with Crippen molar-refractivity contribution < 1.29 is 14.4 Å². The Hall–Kier alpha value is -1.47. The van der Waals surface area contributed by atoms with Crippen LogP contribution in [0.2, 0.25) is 0 Å². The number of nitrogens with zero attached hydrogens (tertiary/aromatic N) is 1. The zero-order valence-electron chi connectivity index (χ0n) is 24.6. The van der Waals surface area contributed by atoms with Gasteiger partial charge in [-0.1, -0.05) is 61.5 Å². The molecule has 37 heavy (non-hydrogen) atoms. The van der Waals surface area contributed by atoms with Gasteiger partial charge in [-0.05, 0) is 103 Å². The highest BCUT2D eigenvalue weighted by Gasteiger charge is 2.61. The minimum atomic E-state index is -0.512. The first-order chi connectivity index (χ1) is 16.9. The van der Waals surface area contributed by atoms with Gasteiger partial charge in [0.15, 0.2) is 5.78 Å². The average molecular weight is 530 g/mol. The summed E-state index contributed by atoms with van der Waals surface area (Å²) in [6.07, 6.45) is 8.52. The van der Waals surface area contributed by atoms with Gasteiger partial charge in [0.05, 0.1) is 5.57 Å². The molecule has 5 heteroatoms. The summed E-state index contributed by atoms with van der Waals surface area (Å²) in [6.45, 7) is 19.4. The fraction of sp³-hybridized carbons (Fsp3) is 0.812. The molecule has 0 amide bonds. The second kappa shape index (κ2) is 9.93. The fourth-order valence-corrected chi connectivity index (χ4v) is 9.21. The molecule has 206 valence electrons. The SMILES string of the molecule is CC(=O)C[C@@H]1[C@@]2(C)C=C(C#N)C(=O)[C@@H](C)[C@@H]2CC[C@@]1(C)C(C)(C)CC[C@@]1(C(=O)Cl)CCC(C)(C)CC1C. The Morgan fingerprint density at radius 3 is 2.27 bits per heavy atom. The van der Waals surface area contributed by atoms with Gasteiger partial charge < -0.3 is 4.79 Å².